The number of benzene rings is 1. The predicted octanol–water partition coefficient (Wildman–Crippen LogP) is 2.87. The number of halogens is 1. The van der Waals surface area contributed by atoms with Gasteiger partial charge in [-0.3, -0.25) is 0 Å². The van der Waals surface area contributed by atoms with Crippen molar-refractivity contribution in [2.24, 2.45) is 11.7 Å². The maximum atomic E-state index is 13.6. The molecule has 0 saturated carbocycles. The van der Waals surface area contributed by atoms with Gasteiger partial charge < -0.3 is 11.1 Å². The fourth-order valence-electron chi connectivity index (χ4n) is 1.46. The molecule has 1 unspecified atom stereocenters. The van der Waals surface area contributed by atoms with Crippen molar-refractivity contribution >= 4 is 34.7 Å². The zero-order chi connectivity index (χ0) is 12.8. The number of hydrogen-bond acceptors (Lipinski definition) is 3. The second-order valence-electron chi connectivity index (χ2n) is 4.00. The van der Waals surface area contributed by atoms with Crippen LogP contribution >= 0.6 is 24.0 Å². The van der Waals surface area contributed by atoms with E-state index in [1.165, 1.54) is 6.07 Å². The lowest BCUT2D eigenvalue weighted by Gasteiger charge is -2.13. The van der Waals surface area contributed by atoms with Crippen LogP contribution in [0, 0.1) is 11.7 Å². The van der Waals surface area contributed by atoms with Crippen molar-refractivity contribution in [3.8, 4) is 0 Å². The molecule has 1 rings (SSSR count). The minimum absolute atomic E-state index is 0.0878. The minimum atomic E-state index is -0.375. The van der Waals surface area contributed by atoms with Crippen LogP contribution in [0.25, 0.3) is 0 Å². The van der Waals surface area contributed by atoms with Gasteiger partial charge in [-0.2, -0.15) is 11.8 Å². The minimum Gasteiger partial charge on any atom is -0.389 e. The van der Waals surface area contributed by atoms with Gasteiger partial charge in [0.15, 0.2) is 0 Å². The first-order valence-corrected chi connectivity index (χ1v) is 7.17. The molecule has 0 bridgehead atoms. The van der Waals surface area contributed by atoms with Crippen molar-refractivity contribution in [2.75, 3.05) is 23.9 Å². The Hall–Kier alpha value is -0.810. The number of rotatable bonds is 6. The summed E-state index contributed by atoms with van der Waals surface area (Å²) < 4.78 is 13.6. The molecule has 1 atom stereocenters. The van der Waals surface area contributed by atoms with Gasteiger partial charge in [-0.1, -0.05) is 19.1 Å². The molecule has 0 aliphatic carbocycles. The maximum Gasteiger partial charge on any atom is 0.135 e. The van der Waals surface area contributed by atoms with Gasteiger partial charge in [-0.05, 0) is 36.1 Å². The van der Waals surface area contributed by atoms with Crippen LogP contribution in [0.2, 0.25) is 0 Å². The van der Waals surface area contributed by atoms with E-state index in [1.807, 2.05) is 0 Å². The molecule has 0 aliphatic rings. The third-order valence-electron chi connectivity index (χ3n) is 2.34. The molecule has 1 aromatic carbocycles. The smallest absolute Gasteiger partial charge is 0.135 e. The van der Waals surface area contributed by atoms with Gasteiger partial charge in [0.1, 0.15) is 10.8 Å². The van der Waals surface area contributed by atoms with Crippen molar-refractivity contribution in [1.29, 1.82) is 0 Å². The SMILES string of the molecule is CSCC(C)CNc1ccc(C(N)=S)c(F)c1. The van der Waals surface area contributed by atoms with Crippen LogP contribution < -0.4 is 11.1 Å². The zero-order valence-electron chi connectivity index (χ0n) is 10.00. The first-order chi connectivity index (χ1) is 8.04. The molecule has 5 heteroatoms. The van der Waals surface area contributed by atoms with Crippen LogP contribution in [-0.4, -0.2) is 23.5 Å². The van der Waals surface area contributed by atoms with Crippen molar-refractivity contribution in [2.45, 2.75) is 6.92 Å². The summed E-state index contributed by atoms with van der Waals surface area (Å²) in [4.78, 5) is 0.0878. The highest BCUT2D eigenvalue weighted by molar-refractivity contribution is 7.98. The Morgan fingerprint density at radius 1 is 1.59 bits per heavy atom. The molecular formula is C12H17FN2S2. The van der Waals surface area contributed by atoms with E-state index < -0.39 is 0 Å². The molecule has 3 N–H and O–H groups in total. The second-order valence-corrected chi connectivity index (χ2v) is 5.35. The van der Waals surface area contributed by atoms with Crippen molar-refractivity contribution < 1.29 is 4.39 Å². The Balaban J connectivity index is 2.62. The summed E-state index contributed by atoms with van der Waals surface area (Å²) in [5.74, 6) is 1.25. The van der Waals surface area contributed by atoms with Crippen molar-refractivity contribution in [3.63, 3.8) is 0 Å². The standard InChI is InChI=1S/C12H17FN2S2/c1-8(7-17-2)6-15-9-3-4-10(12(14)16)11(13)5-9/h3-5,8,15H,6-7H2,1-2H3,(H2,14,16). The molecule has 0 spiro atoms. The van der Waals surface area contributed by atoms with Gasteiger partial charge in [0.05, 0.1) is 0 Å². The summed E-state index contributed by atoms with van der Waals surface area (Å²) in [6, 6.07) is 4.84. The quantitative estimate of drug-likeness (QED) is 0.781. The molecular weight excluding hydrogens is 255 g/mol. The Bertz CT molecular complexity index is 396. The fraction of sp³-hybridized carbons (Fsp3) is 0.417. The molecule has 0 saturated heterocycles. The summed E-state index contributed by atoms with van der Waals surface area (Å²) in [7, 11) is 0. The Labute approximate surface area is 111 Å². The van der Waals surface area contributed by atoms with Crippen LogP contribution in [0.15, 0.2) is 18.2 Å². The Kier molecular flexibility index (Phi) is 5.71. The summed E-state index contributed by atoms with van der Waals surface area (Å²) in [5.41, 5.74) is 6.45. The highest BCUT2D eigenvalue weighted by atomic mass is 32.2. The van der Waals surface area contributed by atoms with Crippen LogP contribution in [-0.2, 0) is 0 Å². The van der Waals surface area contributed by atoms with Crippen molar-refractivity contribution in [1.82, 2.24) is 0 Å². The first-order valence-electron chi connectivity index (χ1n) is 5.36. The monoisotopic (exact) mass is 272 g/mol. The van der Waals surface area contributed by atoms with E-state index in [0.717, 1.165) is 18.0 Å². The number of nitrogens with one attached hydrogen (secondary N) is 1. The number of anilines is 1. The highest BCUT2D eigenvalue weighted by Gasteiger charge is 2.06. The predicted molar refractivity (Wildman–Crippen MR) is 78.3 cm³/mol. The maximum absolute atomic E-state index is 13.6. The van der Waals surface area contributed by atoms with Crippen LogP contribution in [0.1, 0.15) is 12.5 Å². The Morgan fingerprint density at radius 2 is 2.29 bits per heavy atom. The van der Waals surface area contributed by atoms with E-state index in [9.17, 15) is 4.39 Å². The number of thioether (sulfide) groups is 1. The van der Waals surface area contributed by atoms with E-state index >= 15 is 0 Å². The molecule has 0 aromatic heterocycles. The molecule has 0 aliphatic heterocycles. The first kappa shape index (κ1) is 14.3. The van der Waals surface area contributed by atoms with E-state index in [0.29, 0.717) is 11.5 Å². The third kappa shape index (κ3) is 4.52. The molecule has 0 radical (unpaired) electrons. The number of hydrogen-bond donors (Lipinski definition) is 2. The highest BCUT2D eigenvalue weighted by Crippen LogP contribution is 2.15. The molecule has 17 heavy (non-hydrogen) atoms. The average Bonchev–Trinajstić information content (AvgIpc) is 2.26. The van der Waals surface area contributed by atoms with Crippen molar-refractivity contribution in [3.05, 3.63) is 29.6 Å². The summed E-state index contributed by atoms with van der Waals surface area (Å²) in [6.07, 6.45) is 2.08. The zero-order valence-corrected chi connectivity index (χ0v) is 11.6. The van der Waals surface area contributed by atoms with E-state index in [1.54, 1.807) is 23.9 Å². The summed E-state index contributed by atoms with van der Waals surface area (Å²) in [5, 5.41) is 3.20. The second kappa shape index (κ2) is 6.81. The van der Waals surface area contributed by atoms with Gasteiger partial charge in [-0.15, -0.1) is 0 Å². The summed E-state index contributed by atoms with van der Waals surface area (Å²) in [6.45, 7) is 2.98. The normalized spacial score (nSPS) is 12.2. The summed E-state index contributed by atoms with van der Waals surface area (Å²) >= 11 is 6.55. The number of thiocarbonyl (C=S) groups is 1. The van der Waals surface area contributed by atoms with E-state index in [4.69, 9.17) is 18.0 Å². The largest absolute Gasteiger partial charge is 0.389 e. The molecule has 0 heterocycles. The average molecular weight is 272 g/mol. The third-order valence-corrected chi connectivity index (χ3v) is 3.46. The molecule has 0 amide bonds. The van der Waals surface area contributed by atoms with Crippen LogP contribution in [0.5, 0.6) is 0 Å². The molecule has 1 aromatic rings. The van der Waals surface area contributed by atoms with Gasteiger partial charge in [0.25, 0.3) is 0 Å². The lowest BCUT2D eigenvalue weighted by Crippen LogP contribution is -2.15. The van der Waals surface area contributed by atoms with E-state index in [-0.39, 0.29) is 10.8 Å². The molecule has 2 nitrogen and oxygen atoms in total. The van der Waals surface area contributed by atoms with Crippen LogP contribution in [0.3, 0.4) is 0 Å². The van der Waals surface area contributed by atoms with Crippen LogP contribution in [0.4, 0.5) is 10.1 Å². The lowest BCUT2D eigenvalue weighted by atomic mass is 10.1. The Morgan fingerprint density at radius 3 is 2.82 bits per heavy atom. The molecule has 0 fully saturated rings. The fourth-order valence-corrected chi connectivity index (χ4v) is 2.31. The van der Waals surface area contributed by atoms with Gasteiger partial charge in [0, 0.05) is 17.8 Å². The van der Waals surface area contributed by atoms with Gasteiger partial charge in [0.2, 0.25) is 0 Å². The number of nitrogens with two attached hydrogens (primary N) is 1. The molecule has 94 valence electrons. The van der Waals surface area contributed by atoms with E-state index in [2.05, 4.69) is 18.5 Å². The topological polar surface area (TPSA) is 38.0 Å². The van der Waals surface area contributed by atoms with Gasteiger partial charge in [-0.25, -0.2) is 4.39 Å². The lowest BCUT2D eigenvalue weighted by molar-refractivity contribution is 0.625. The van der Waals surface area contributed by atoms with Gasteiger partial charge >= 0.3 is 0 Å².